The Balaban J connectivity index is 1.75. The quantitative estimate of drug-likeness (QED) is 0.899. The van der Waals surface area contributed by atoms with Crippen LogP contribution in [-0.2, 0) is 4.79 Å². The molecule has 2 aliphatic rings. The van der Waals surface area contributed by atoms with Crippen LogP contribution in [0, 0.1) is 0 Å². The fourth-order valence-electron chi connectivity index (χ4n) is 2.96. The summed E-state index contributed by atoms with van der Waals surface area (Å²) in [6.45, 7) is 2.21. The Bertz CT molecular complexity index is 494. The van der Waals surface area contributed by atoms with Gasteiger partial charge in [0, 0.05) is 29.8 Å². The molecule has 2 fully saturated rings. The van der Waals surface area contributed by atoms with Crippen LogP contribution in [0.5, 0.6) is 0 Å². The lowest BCUT2D eigenvalue weighted by Gasteiger charge is -2.23. The predicted molar refractivity (Wildman–Crippen MR) is 77.1 cm³/mol. The van der Waals surface area contributed by atoms with Crippen molar-refractivity contribution < 1.29 is 9.90 Å². The number of benzene rings is 1. The number of aliphatic hydroxyl groups is 1. The molecule has 1 amide bonds. The van der Waals surface area contributed by atoms with Crippen LogP contribution in [0.1, 0.15) is 12.8 Å². The molecule has 1 N–H and O–H groups in total. The van der Waals surface area contributed by atoms with E-state index in [1.807, 2.05) is 29.2 Å². The van der Waals surface area contributed by atoms with Crippen LogP contribution in [0.15, 0.2) is 28.7 Å². The standard InChI is InChI=1S/C14H17BrN2O2/c15-10-2-1-3-11(8-10)17-7-5-13(14(17)19)16-6-4-12(18)9-16/h1-3,8,12-13,18H,4-7,9H2/t12-,13+/m1/s1. The topological polar surface area (TPSA) is 43.8 Å². The van der Waals surface area contributed by atoms with Crippen LogP contribution in [0.25, 0.3) is 0 Å². The monoisotopic (exact) mass is 324 g/mol. The van der Waals surface area contributed by atoms with Gasteiger partial charge in [0.25, 0.3) is 0 Å². The number of hydrogen-bond acceptors (Lipinski definition) is 3. The number of β-amino-alcohol motifs (C(OH)–C–C–N with tert-alkyl or cyclic N) is 1. The maximum atomic E-state index is 12.5. The molecular weight excluding hydrogens is 308 g/mol. The average molecular weight is 325 g/mol. The van der Waals surface area contributed by atoms with Gasteiger partial charge in [-0.3, -0.25) is 9.69 Å². The summed E-state index contributed by atoms with van der Waals surface area (Å²) in [5.41, 5.74) is 0.946. The highest BCUT2D eigenvalue weighted by Crippen LogP contribution is 2.28. The molecule has 0 spiro atoms. The van der Waals surface area contributed by atoms with Crippen LogP contribution < -0.4 is 4.90 Å². The van der Waals surface area contributed by atoms with Gasteiger partial charge < -0.3 is 10.0 Å². The van der Waals surface area contributed by atoms with Crippen molar-refractivity contribution in [2.45, 2.75) is 25.0 Å². The summed E-state index contributed by atoms with van der Waals surface area (Å²) in [6, 6.07) is 7.78. The number of rotatable bonds is 2. The summed E-state index contributed by atoms with van der Waals surface area (Å²) in [5, 5.41) is 9.59. The largest absolute Gasteiger partial charge is 0.392 e. The van der Waals surface area contributed by atoms with Crippen LogP contribution in [0.2, 0.25) is 0 Å². The van der Waals surface area contributed by atoms with Gasteiger partial charge in [0.15, 0.2) is 0 Å². The van der Waals surface area contributed by atoms with E-state index in [2.05, 4.69) is 20.8 Å². The molecule has 2 aliphatic heterocycles. The zero-order valence-electron chi connectivity index (χ0n) is 10.6. The second kappa shape index (κ2) is 5.23. The van der Waals surface area contributed by atoms with E-state index >= 15 is 0 Å². The molecule has 0 bridgehead atoms. The highest BCUT2D eigenvalue weighted by atomic mass is 79.9. The maximum absolute atomic E-state index is 12.5. The molecule has 102 valence electrons. The molecule has 0 aliphatic carbocycles. The Morgan fingerprint density at radius 1 is 1.26 bits per heavy atom. The predicted octanol–water partition coefficient (Wildman–Crippen LogP) is 1.62. The first-order valence-electron chi connectivity index (χ1n) is 6.64. The smallest absolute Gasteiger partial charge is 0.244 e. The third kappa shape index (κ3) is 2.55. The summed E-state index contributed by atoms with van der Waals surface area (Å²) in [6.07, 6.45) is 1.35. The molecule has 0 unspecified atom stereocenters. The Hall–Kier alpha value is -0.910. The number of carbonyl (C=O) groups is 1. The van der Waals surface area contributed by atoms with E-state index in [1.165, 1.54) is 0 Å². The van der Waals surface area contributed by atoms with Crippen molar-refractivity contribution in [1.29, 1.82) is 0 Å². The Labute approximate surface area is 121 Å². The summed E-state index contributed by atoms with van der Waals surface area (Å²) >= 11 is 3.44. The van der Waals surface area contributed by atoms with Gasteiger partial charge in [-0.05, 0) is 31.0 Å². The number of amides is 1. The molecule has 0 aromatic heterocycles. The Morgan fingerprint density at radius 3 is 2.79 bits per heavy atom. The van der Waals surface area contributed by atoms with Crippen molar-refractivity contribution >= 4 is 27.5 Å². The number of anilines is 1. The van der Waals surface area contributed by atoms with Crippen molar-refractivity contribution in [2.75, 3.05) is 24.5 Å². The number of halogens is 1. The fraction of sp³-hybridized carbons (Fsp3) is 0.500. The summed E-state index contributed by atoms with van der Waals surface area (Å²) in [5.74, 6) is 0.159. The van der Waals surface area contributed by atoms with Gasteiger partial charge in [0.1, 0.15) is 0 Å². The molecule has 5 heteroatoms. The molecule has 1 aromatic carbocycles. The van der Waals surface area contributed by atoms with E-state index in [0.29, 0.717) is 6.54 Å². The van der Waals surface area contributed by atoms with Crippen molar-refractivity contribution in [3.05, 3.63) is 28.7 Å². The van der Waals surface area contributed by atoms with Gasteiger partial charge in [-0.15, -0.1) is 0 Å². The van der Waals surface area contributed by atoms with E-state index in [0.717, 1.165) is 36.1 Å². The molecule has 4 nitrogen and oxygen atoms in total. The van der Waals surface area contributed by atoms with Gasteiger partial charge >= 0.3 is 0 Å². The van der Waals surface area contributed by atoms with Crippen LogP contribution in [0.3, 0.4) is 0 Å². The lowest BCUT2D eigenvalue weighted by molar-refractivity contribution is -0.121. The van der Waals surface area contributed by atoms with Crippen molar-refractivity contribution in [3.63, 3.8) is 0 Å². The summed E-state index contributed by atoms with van der Waals surface area (Å²) in [7, 11) is 0. The normalized spacial score (nSPS) is 28.3. The molecular formula is C14H17BrN2O2. The minimum absolute atomic E-state index is 0.0591. The van der Waals surface area contributed by atoms with E-state index < -0.39 is 0 Å². The Kier molecular flexibility index (Phi) is 3.60. The first-order valence-corrected chi connectivity index (χ1v) is 7.43. The van der Waals surface area contributed by atoms with E-state index in [9.17, 15) is 9.90 Å². The third-order valence-electron chi connectivity index (χ3n) is 3.93. The fourth-order valence-corrected chi connectivity index (χ4v) is 3.34. The SMILES string of the molecule is O=C1[C@@H](N2CC[C@@H](O)C2)CCN1c1cccc(Br)c1. The van der Waals surface area contributed by atoms with Gasteiger partial charge in [0.05, 0.1) is 12.1 Å². The minimum atomic E-state index is -0.271. The third-order valence-corrected chi connectivity index (χ3v) is 4.43. The van der Waals surface area contributed by atoms with Gasteiger partial charge in [0.2, 0.25) is 5.91 Å². The first-order chi connectivity index (χ1) is 9.15. The average Bonchev–Trinajstić information content (AvgIpc) is 2.95. The highest BCUT2D eigenvalue weighted by molar-refractivity contribution is 9.10. The molecule has 0 radical (unpaired) electrons. The molecule has 1 aromatic rings. The molecule has 0 saturated carbocycles. The molecule has 2 atom stereocenters. The molecule has 3 rings (SSSR count). The summed E-state index contributed by atoms with van der Waals surface area (Å²) < 4.78 is 0.984. The van der Waals surface area contributed by atoms with Gasteiger partial charge in [-0.2, -0.15) is 0 Å². The first kappa shape index (κ1) is 13.1. The zero-order valence-corrected chi connectivity index (χ0v) is 12.2. The van der Waals surface area contributed by atoms with E-state index in [-0.39, 0.29) is 18.1 Å². The number of likely N-dealkylation sites (tertiary alicyclic amines) is 1. The maximum Gasteiger partial charge on any atom is 0.244 e. The van der Waals surface area contributed by atoms with Crippen molar-refractivity contribution in [2.24, 2.45) is 0 Å². The van der Waals surface area contributed by atoms with Crippen LogP contribution >= 0.6 is 15.9 Å². The van der Waals surface area contributed by atoms with Crippen molar-refractivity contribution in [3.8, 4) is 0 Å². The van der Waals surface area contributed by atoms with E-state index in [1.54, 1.807) is 0 Å². The molecule has 2 saturated heterocycles. The van der Waals surface area contributed by atoms with Crippen molar-refractivity contribution in [1.82, 2.24) is 4.90 Å². The second-order valence-corrected chi connectivity index (χ2v) is 6.13. The number of carbonyl (C=O) groups excluding carboxylic acids is 1. The molecule has 2 heterocycles. The lowest BCUT2D eigenvalue weighted by Crippen LogP contribution is -2.41. The lowest BCUT2D eigenvalue weighted by atomic mass is 10.2. The van der Waals surface area contributed by atoms with E-state index in [4.69, 9.17) is 0 Å². The zero-order chi connectivity index (χ0) is 13.4. The number of aliphatic hydroxyl groups excluding tert-OH is 1. The minimum Gasteiger partial charge on any atom is -0.392 e. The van der Waals surface area contributed by atoms with Gasteiger partial charge in [-0.25, -0.2) is 0 Å². The van der Waals surface area contributed by atoms with Crippen LogP contribution in [-0.4, -0.2) is 47.7 Å². The Morgan fingerprint density at radius 2 is 2.11 bits per heavy atom. The number of hydrogen-bond donors (Lipinski definition) is 1. The van der Waals surface area contributed by atoms with Gasteiger partial charge in [-0.1, -0.05) is 22.0 Å². The second-order valence-electron chi connectivity index (χ2n) is 5.21. The van der Waals surface area contributed by atoms with Crippen LogP contribution in [0.4, 0.5) is 5.69 Å². The molecule has 19 heavy (non-hydrogen) atoms. The summed E-state index contributed by atoms with van der Waals surface area (Å²) in [4.78, 5) is 16.5. The highest BCUT2D eigenvalue weighted by Gasteiger charge is 2.39. The number of nitrogens with zero attached hydrogens (tertiary/aromatic N) is 2.